The molecule has 2 aliphatic rings. The van der Waals surface area contributed by atoms with E-state index < -0.39 is 0 Å². The summed E-state index contributed by atoms with van der Waals surface area (Å²) in [4.78, 5) is 11.2. The van der Waals surface area contributed by atoms with Gasteiger partial charge in [-0.15, -0.1) is 24.0 Å². The minimum absolute atomic E-state index is 0. The lowest BCUT2D eigenvalue weighted by molar-refractivity contribution is -0.00834. The smallest absolute Gasteiger partial charge is 0.213 e. The van der Waals surface area contributed by atoms with Crippen LogP contribution in [0, 0.1) is 5.92 Å². The normalized spacial score (nSPS) is 18.3. The van der Waals surface area contributed by atoms with Gasteiger partial charge < -0.3 is 20.1 Å². The second-order valence-electron chi connectivity index (χ2n) is 7.95. The first-order valence-electron chi connectivity index (χ1n) is 9.92. The fourth-order valence-electron chi connectivity index (χ4n) is 3.08. The SMILES string of the molecule is CN=C(NCc1ccc(OCC2CC2)nc1)NCC(C)(C)N1CCOCC1.I. The van der Waals surface area contributed by atoms with E-state index in [1.165, 1.54) is 12.8 Å². The summed E-state index contributed by atoms with van der Waals surface area (Å²) in [6, 6.07) is 3.99. The number of rotatable bonds is 8. The molecular weight excluding hydrogens is 469 g/mol. The lowest BCUT2D eigenvalue weighted by atomic mass is 10.0. The molecule has 7 nitrogen and oxygen atoms in total. The van der Waals surface area contributed by atoms with Gasteiger partial charge in [0.25, 0.3) is 0 Å². The van der Waals surface area contributed by atoms with Gasteiger partial charge in [0.2, 0.25) is 5.88 Å². The van der Waals surface area contributed by atoms with Crippen molar-refractivity contribution in [2.24, 2.45) is 10.9 Å². The maximum atomic E-state index is 5.68. The molecule has 1 aromatic rings. The third-order valence-electron chi connectivity index (χ3n) is 5.20. The van der Waals surface area contributed by atoms with Gasteiger partial charge in [-0.2, -0.15) is 0 Å². The summed E-state index contributed by atoms with van der Waals surface area (Å²) in [6.45, 7) is 10.4. The highest BCUT2D eigenvalue weighted by Gasteiger charge is 2.28. The summed E-state index contributed by atoms with van der Waals surface area (Å²) in [5.41, 5.74) is 1.15. The Bertz CT molecular complexity index is 614. The molecule has 1 aromatic heterocycles. The predicted octanol–water partition coefficient (Wildman–Crippen LogP) is 2.26. The molecule has 2 fully saturated rings. The molecule has 0 bridgehead atoms. The topological polar surface area (TPSA) is 71.0 Å². The second kappa shape index (κ2) is 11.2. The van der Waals surface area contributed by atoms with E-state index in [4.69, 9.17) is 9.47 Å². The van der Waals surface area contributed by atoms with Crippen LogP contribution >= 0.6 is 24.0 Å². The number of pyridine rings is 1. The van der Waals surface area contributed by atoms with Crippen molar-refractivity contribution >= 4 is 29.9 Å². The van der Waals surface area contributed by atoms with Crippen molar-refractivity contribution in [1.29, 1.82) is 0 Å². The standard InChI is InChI=1S/C20H33N5O2.HI/c1-20(2,25-8-10-26-11-9-25)15-24-19(21-3)23-13-17-6-7-18(22-12-17)27-14-16-4-5-16;/h6-7,12,16H,4-5,8-11,13-15H2,1-3H3,(H2,21,23,24);1H. The van der Waals surface area contributed by atoms with Crippen LogP contribution in [-0.2, 0) is 11.3 Å². The molecule has 0 spiro atoms. The van der Waals surface area contributed by atoms with Gasteiger partial charge in [-0.05, 0) is 38.2 Å². The number of hydrogen-bond donors (Lipinski definition) is 2. The third-order valence-corrected chi connectivity index (χ3v) is 5.20. The van der Waals surface area contributed by atoms with Gasteiger partial charge in [-0.1, -0.05) is 6.07 Å². The van der Waals surface area contributed by atoms with Crippen molar-refractivity contribution in [1.82, 2.24) is 20.5 Å². The molecule has 0 amide bonds. The van der Waals surface area contributed by atoms with E-state index in [-0.39, 0.29) is 29.5 Å². The van der Waals surface area contributed by atoms with Crippen LogP contribution in [0.4, 0.5) is 0 Å². The van der Waals surface area contributed by atoms with Crippen molar-refractivity contribution in [3.8, 4) is 5.88 Å². The van der Waals surface area contributed by atoms with Crippen LogP contribution in [-0.4, -0.2) is 67.9 Å². The second-order valence-corrected chi connectivity index (χ2v) is 7.95. The van der Waals surface area contributed by atoms with Crippen molar-refractivity contribution in [3.63, 3.8) is 0 Å². The number of ether oxygens (including phenoxy) is 2. The number of halogens is 1. The molecule has 1 saturated carbocycles. The molecule has 1 aliphatic carbocycles. The summed E-state index contributed by atoms with van der Waals surface area (Å²) in [5, 5.41) is 6.80. The Labute approximate surface area is 185 Å². The quantitative estimate of drug-likeness (QED) is 0.322. The van der Waals surface area contributed by atoms with Crippen molar-refractivity contribution in [2.45, 2.75) is 38.8 Å². The Morgan fingerprint density at radius 1 is 1.29 bits per heavy atom. The first-order valence-corrected chi connectivity index (χ1v) is 9.92. The summed E-state index contributed by atoms with van der Waals surface area (Å²) >= 11 is 0. The third kappa shape index (κ3) is 7.36. The number of hydrogen-bond acceptors (Lipinski definition) is 5. The Kier molecular flexibility index (Phi) is 9.23. The number of nitrogens with one attached hydrogen (secondary N) is 2. The molecule has 0 radical (unpaired) electrons. The molecule has 2 N–H and O–H groups in total. The molecule has 8 heteroatoms. The largest absolute Gasteiger partial charge is 0.477 e. The summed E-state index contributed by atoms with van der Waals surface area (Å²) in [6.07, 6.45) is 4.44. The van der Waals surface area contributed by atoms with Gasteiger partial charge in [0.05, 0.1) is 19.8 Å². The molecule has 158 valence electrons. The minimum Gasteiger partial charge on any atom is -0.477 e. The average molecular weight is 503 g/mol. The molecule has 0 unspecified atom stereocenters. The van der Waals surface area contributed by atoms with E-state index in [2.05, 4.69) is 39.4 Å². The van der Waals surface area contributed by atoms with Gasteiger partial charge in [0, 0.05) is 51.0 Å². The zero-order chi connectivity index (χ0) is 19.1. The lowest BCUT2D eigenvalue weighted by Crippen LogP contribution is -2.56. The van der Waals surface area contributed by atoms with E-state index in [0.29, 0.717) is 12.4 Å². The highest BCUT2D eigenvalue weighted by Crippen LogP contribution is 2.29. The Balaban J connectivity index is 0.00000280. The summed E-state index contributed by atoms with van der Waals surface area (Å²) < 4.78 is 11.1. The van der Waals surface area contributed by atoms with Gasteiger partial charge in [-0.25, -0.2) is 4.98 Å². The highest BCUT2D eigenvalue weighted by atomic mass is 127. The number of aliphatic imine (C=N–C) groups is 1. The van der Waals surface area contributed by atoms with Gasteiger partial charge in [0.15, 0.2) is 5.96 Å². The van der Waals surface area contributed by atoms with Crippen molar-refractivity contribution in [2.75, 3.05) is 46.5 Å². The molecule has 1 saturated heterocycles. The zero-order valence-corrected chi connectivity index (χ0v) is 19.6. The van der Waals surface area contributed by atoms with Gasteiger partial charge >= 0.3 is 0 Å². The van der Waals surface area contributed by atoms with E-state index >= 15 is 0 Å². The zero-order valence-electron chi connectivity index (χ0n) is 17.2. The first kappa shape index (κ1) is 23.2. The molecule has 2 heterocycles. The minimum atomic E-state index is 0. The van der Waals surface area contributed by atoms with Gasteiger partial charge in [-0.3, -0.25) is 9.89 Å². The molecule has 28 heavy (non-hydrogen) atoms. The van der Waals surface area contributed by atoms with Crippen LogP contribution in [0.25, 0.3) is 0 Å². The van der Waals surface area contributed by atoms with Crippen LogP contribution in [0.15, 0.2) is 23.3 Å². The van der Waals surface area contributed by atoms with E-state index in [1.54, 1.807) is 7.05 Å². The fourth-order valence-corrected chi connectivity index (χ4v) is 3.08. The number of morpholine rings is 1. The van der Waals surface area contributed by atoms with Crippen LogP contribution < -0.4 is 15.4 Å². The summed E-state index contributed by atoms with van der Waals surface area (Å²) in [5.74, 6) is 2.25. The monoisotopic (exact) mass is 503 g/mol. The lowest BCUT2D eigenvalue weighted by Gasteiger charge is -2.41. The van der Waals surface area contributed by atoms with Crippen LogP contribution in [0.1, 0.15) is 32.3 Å². The van der Waals surface area contributed by atoms with Crippen LogP contribution in [0.3, 0.4) is 0 Å². The molecule has 1 aliphatic heterocycles. The molecular formula is C20H34IN5O2. The van der Waals surface area contributed by atoms with Gasteiger partial charge in [0.1, 0.15) is 0 Å². The fraction of sp³-hybridized carbons (Fsp3) is 0.700. The number of aromatic nitrogens is 1. The van der Waals surface area contributed by atoms with Crippen molar-refractivity contribution in [3.05, 3.63) is 23.9 Å². The Morgan fingerprint density at radius 2 is 2.04 bits per heavy atom. The number of guanidine groups is 1. The first-order chi connectivity index (χ1) is 13.1. The average Bonchev–Trinajstić information content (AvgIpc) is 3.52. The molecule has 0 aromatic carbocycles. The van der Waals surface area contributed by atoms with E-state index in [9.17, 15) is 0 Å². The Hall–Kier alpha value is -1.13. The Morgan fingerprint density at radius 3 is 2.64 bits per heavy atom. The highest BCUT2D eigenvalue weighted by molar-refractivity contribution is 14.0. The van der Waals surface area contributed by atoms with Crippen LogP contribution in [0.5, 0.6) is 5.88 Å². The van der Waals surface area contributed by atoms with E-state index in [0.717, 1.165) is 56.9 Å². The van der Waals surface area contributed by atoms with Crippen molar-refractivity contribution < 1.29 is 9.47 Å². The maximum Gasteiger partial charge on any atom is 0.213 e. The summed E-state index contributed by atoms with van der Waals surface area (Å²) in [7, 11) is 1.80. The predicted molar refractivity (Wildman–Crippen MR) is 123 cm³/mol. The number of nitrogens with zero attached hydrogens (tertiary/aromatic N) is 3. The molecule has 3 rings (SSSR count). The van der Waals surface area contributed by atoms with E-state index in [1.807, 2.05) is 18.3 Å². The van der Waals surface area contributed by atoms with Crippen LogP contribution in [0.2, 0.25) is 0 Å². The molecule has 0 atom stereocenters. The maximum absolute atomic E-state index is 5.68.